The van der Waals surface area contributed by atoms with Crippen molar-refractivity contribution < 1.29 is 5.11 Å². The molecule has 0 aromatic rings. The third-order valence-corrected chi connectivity index (χ3v) is 2.06. The fraction of sp³-hybridized carbons (Fsp3) is 1.00. The molecule has 66 valence electrons. The second-order valence-corrected chi connectivity index (χ2v) is 3.07. The number of rotatable bonds is 5. The van der Waals surface area contributed by atoms with Gasteiger partial charge in [-0.2, -0.15) is 0 Å². The summed E-state index contributed by atoms with van der Waals surface area (Å²) in [6.45, 7) is 3.46. The summed E-state index contributed by atoms with van der Waals surface area (Å²) in [7, 11) is 0. The van der Waals surface area contributed by atoms with Gasteiger partial charge in [0.2, 0.25) is 0 Å². The Kier molecular flexibility index (Phi) is 4.50. The van der Waals surface area contributed by atoms with Crippen LogP contribution in [0.3, 0.4) is 0 Å². The highest BCUT2D eigenvalue weighted by Gasteiger charge is 2.12. The summed E-state index contributed by atoms with van der Waals surface area (Å²) in [5.41, 5.74) is 0. The average molecular weight is 158 g/mol. The number of aliphatic hydroxyl groups is 1. The monoisotopic (exact) mass is 158 g/mol. The summed E-state index contributed by atoms with van der Waals surface area (Å²) < 4.78 is 0. The van der Waals surface area contributed by atoms with E-state index >= 15 is 0 Å². The molecule has 3 heteroatoms. The van der Waals surface area contributed by atoms with E-state index in [0.717, 1.165) is 19.5 Å². The van der Waals surface area contributed by atoms with Crippen molar-refractivity contribution in [3.05, 3.63) is 0 Å². The number of aliphatic hydroxyl groups excluding tert-OH is 1. The average Bonchev–Trinajstić information content (AvgIpc) is 2.50. The van der Waals surface area contributed by atoms with Gasteiger partial charge in [-0.3, -0.25) is 0 Å². The highest BCUT2D eigenvalue weighted by Crippen LogP contribution is 2.02. The van der Waals surface area contributed by atoms with Crippen molar-refractivity contribution in [3.8, 4) is 0 Å². The molecular weight excluding hydrogens is 140 g/mol. The summed E-state index contributed by atoms with van der Waals surface area (Å²) in [6.07, 6.45) is 3.48. The van der Waals surface area contributed by atoms with Gasteiger partial charge in [-0.25, -0.2) is 0 Å². The molecule has 0 aromatic heterocycles. The van der Waals surface area contributed by atoms with Crippen molar-refractivity contribution in [2.24, 2.45) is 0 Å². The molecule has 3 N–H and O–H groups in total. The molecule has 11 heavy (non-hydrogen) atoms. The topological polar surface area (TPSA) is 44.3 Å². The Morgan fingerprint density at radius 3 is 3.09 bits per heavy atom. The second-order valence-electron chi connectivity index (χ2n) is 3.07. The third kappa shape index (κ3) is 3.70. The predicted octanol–water partition coefficient (Wildman–Crippen LogP) is -0.290. The van der Waals surface area contributed by atoms with Crippen molar-refractivity contribution in [2.75, 3.05) is 26.2 Å². The van der Waals surface area contributed by atoms with E-state index < -0.39 is 0 Å². The molecule has 1 atom stereocenters. The quantitative estimate of drug-likeness (QED) is 0.482. The van der Waals surface area contributed by atoms with Crippen LogP contribution in [0.5, 0.6) is 0 Å². The van der Waals surface area contributed by atoms with E-state index in [9.17, 15) is 0 Å². The molecule has 1 saturated heterocycles. The van der Waals surface area contributed by atoms with E-state index in [2.05, 4.69) is 10.6 Å². The van der Waals surface area contributed by atoms with E-state index in [4.69, 9.17) is 5.11 Å². The lowest BCUT2D eigenvalue weighted by atomic mass is 10.2. The molecule has 0 radical (unpaired) electrons. The summed E-state index contributed by atoms with van der Waals surface area (Å²) in [6, 6.07) is 0.675. The summed E-state index contributed by atoms with van der Waals surface area (Å²) in [5, 5.41) is 15.2. The number of hydrogen-bond acceptors (Lipinski definition) is 3. The zero-order valence-electron chi connectivity index (χ0n) is 6.97. The Morgan fingerprint density at radius 1 is 1.55 bits per heavy atom. The van der Waals surface area contributed by atoms with Crippen LogP contribution >= 0.6 is 0 Å². The zero-order valence-corrected chi connectivity index (χ0v) is 6.97. The first-order chi connectivity index (χ1) is 5.43. The second kappa shape index (κ2) is 5.52. The van der Waals surface area contributed by atoms with Gasteiger partial charge in [0.1, 0.15) is 0 Å². The molecule has 0 aromatic carbocycles. The first kappa shape index (κ1) is 8.97. The summed E-state index contributed by atoms with van der Waals surface area (Å²) >= 11 is 0. The molecule has 0 aliphatic carbocycles. The highest BCUT2D eigenvalue weighted by molar-refractivity contribution is 4.75. The largest absolute Gasteiger partial charge is 0.396 e. The van der Waals surface area contributed by atoms with Gasteiger partial charge in [0.15, 0.2) is 0 Å². The molecule has 1 fully saturated rings. The normalized spacial score (nSPS) is 24.3. The van der Waals surface area contributed by atoms with Crippen LogP contribution in [0.2, 0.25) is 0 Å². The highest BCUT2D eigenvalue weighted by atomic mass is 16.3. The Balaban J connectivity index is 1.86. The summed E-state index contributed by atoms with van der Waals surface area (Å²) in [4.78, 5) is 0. The molecule has 1 rings (SSSR count). The van der Waals surface area contributed by atoms with E-state index in [1.54, 1.807) is 0 Å². The maximum absolute atomic E-state index is 8.50. The van der Waals surface area contributed by atoms with E-state index in [1.807, 2.05) is 0 Å². The smallest absolute Gasteiger partial charge is 0.0443 e. The van der Waals surface area contributed by atoms with Crippen LogP contribution in [0.25, 0.3) is 0 Å². The zero-order chi connectivity index (χ0) is 7.94. The van der Waals surface area contributed by atoms with Crippen LogP contribution < -0.4 is 10.6 Å². The van der Waals surface area contributed by atoms with Gasteiger partial charge in [-0.05, 0) is 32.4 Å². The SMILES string of the molecule is OCCCNCC1CCCN1. The molecule has 0 spiro atoms. The van der Waals surface area contributed by atoms with Crippen LogP contribution in [0.15, 0.2) is 0 Å². The molecule has 1 heterocycles. The van der Waals surface area contributed by atoms with Crippen molar-refractivity contribution >= 4 is 0 Å². The minimum absolute atomic E-state index is 0.297. The first-order valence-corrected chi connectivity index (χ1v) is 4.48. The molecular formula is C8H18N2O. The standard InChI is InChI=1S/C8H18N2O/c11-6-2-4-9-7-8-3-1-5-10-8/h8-11H,1-7H2. The third-order valence-electron chi connectivity index (χ3n) is 2.06. The van der Waals surface area contributed by atoms with Crippen LogP contribution in [0.1, 0.15) is 19.3 Å². The van der Waals surface area contributed by atoms with Crippen LogP contribution in [0, 0.1) is 0 Å². The van der Waals surface area contributed by atoms with Gasteiger partial charge < -0.3 is 15.7 Å². The van der Waals surface area contributed by atoms with E-state index in [0.29, 0.717) is 12.6 Å². The van der Waals surface area contributed by atoms with E-state index in [1.165, 1.54) is 19.4 Å². The van der Waals surface area contributed by atoms with Crippen LogP contribution in [-0.4, -0.2) is 37.4 Å². The maximum Gasteiger partial charge on any atom is 0.0443 e. The van der Waals surface area contributed by atoms with Gasteiger partial charge in [0.25, 0.3) is 0 Å². The number of nitrogens with one attached hydrogen (secondary N) is 2. The summed E-state index contributed by atoms with van der Waals surface area (Å²) in [5.74, 6) is 0. The van der Waals surface area contributed by atoms with Crippen LogP contribution in [0.4, 0.5) is 0 Å². The Morgan fingerprint density at radius 2 is 2.45 bits per heavy atom. The fourth-order valence-corrected chi connectivity index (χ4v) is 1.41. The number of hydrogen-bond donors (Lipinski definition) is 3. The van der Waals surface area contributed by atoms with Gasteiger partial charge >= 0.3 is 0 Å². The molecule has 1 aliphatic heterocycles. The maximum atomic E-state index is 8.50. The molecule has 3 nitrogen and oxygen atoms in total. The molecule has 1 aliphatic rings. The van der Waals surface area contributed by atoms with Crippen LogP contribution in [-0.2, 0) is 0 Å². The Labute approximate surface area is 68.2 Å². The first-order valence-electron chi connectivity index (χ1n) is 4.48. The van der Waals surface area contributed by atoms with Gasteiger partial charge in [0, 0.05) is 19.2 Å². The molecule has 1 unspecified atom stereocenters. The fourth-order valence-electron chi connectivity index (χ4n) is 1.41. The Bertz CT molecular complexity index is 92.1. The minimum atomic E-state index is 0.297. The minimum Gasteiger partial charge on any atom is -0.396 e. The molecule has 0 amide bonds. The van der Waals surface area contributed by atoms with Crippen molar-refractivity contribution in [1.82, 2.24) is 10.6 Å². The van der Waals surface area contributed by atoms with Crippen molar-refractivity contribution in [3.63, 3.8) is 0 Å². The van der Waals surface area contributed by atoms with Crippen molar-refractivity contribution in [2.45, 2.75) is 25.3 Å². The predicted molar refractivity (Wildman–Crippen MR) is 45.6 cm³/mol. The lowest BCUT2D eigenvalue weighted by Gasteiger charge is -2.10. The van der Waals surface area contributed by atoms with Gasteiger partial charge in [-0.1, -0.05) is 0 Å². The molecule has 0 bridgehead atoms. The molecule has 0 saturated carbocycles. The van der Waals surface area contributed by atoms with Crippen molar-refractivity contribution in [1.29, 1.82) is 0 Å². The van der Waals surface area contributed by atoms with Gasteiger partial charge in [0.05, 0.1) is 0 Å². The van der Waals surface area contributed by atoms with Gasteiger partial charge in [-0.15, -0.1) is 0 Å². The Hall–Kier alpha value is -0.120. The van der Waals surface area contributed by atoms with E-state index in [-0.39, 0.29) is 0 Å². The lowest BCUT2D eigenvalue weighted by molar-refractivity contribution is 0.285. The lowest BCUT2D eigenvalue weighted by Crippen LogP contribution is -2.34.